The number of fused-ring (bicyclic) bond motifs is 1. The number of nitrogens with one attached hydrogen (secondary N) is 2. The molecule has 0 bridgehead atoms. The number of anilines is 1. The smallest absolute Gasteiger partial charge is 0.294 e. The van der Waals surface area contributed by atoms with Crippen molar-refractivity contribution in [2.75, 3.05) is 12.4 Å². The highest BCUT2D eigenvalue weighted by Crippen LogP contribution is 2.23. The minimum Gasteiger partial charge on any atom is -0.429 e. The van der Waals surface area contributed by atoms with Gasteiger partial charge in [0, 0.05) is 30.6 Å². The zero-order valence-corrected chi connectivity index (χ0v) is 10.4. The van der Waals surface area contributed by atoms with Gasteiger partial charge >= 0.3 is 0 Å². The lowest BCUT2D eigenvalue weighted by Crippen LogP contribution is -1.91. The molecule has 0 spiro atoms. The number of hydrogen-bond acceptors (Lipinski definition) is 3. The number of para-hydroxylation sites is 1. The van der Waals surface area contributed by atoms with E-state index in [1.54, 1.807) is 7.05 Å². The van der Waals surface area contributed by atoms with Gasteiger partial charge in [-0.05, 0) is 18.6 Å². The van der Waals surface area contributed by atoms with Crippen LogP contribution >= 0.6 is 0 Å². The summed E-state index contributed by atoms with van der Waals surface area (Å²) < 4.78 is 5.49. The number of aromatic nitrogens is 2. The van der Waals surface area contributed by atoms with Crippen LogP contribution in [-0.4, -0.2) is 17.0 Å². The third kappa shape index (κ3) is 1.76. The molecule has 0 unspecified atom stereocenters. The van der Waals surface area contributed by atoms with Crippen LogP contribution in [0.3, 0.4) is 0 Å². The van der Waals surface area contributed by atoms with Gasteiger partial charge in [0.15, 0.2) is 0 Å². The molecule has 0 atom stereocenters. The topological polar surface area (TPSA) is 53.9 Å². The van der Waals surface area contributed by atoms with E-state index in [4.69, 9.17) is 4.42 Å². The highest BCUT2D eigenvalue weighted by atomic mass is 16.4. The van der Waals surface area contributed by atoms with Gasteiger partial charge in [-0.15, -0.1) is 0 Å². The summed E-state index contributed by atoms with van der Waals surface area (Å²) in [5.74, 6) is 0.865. The Morgan fingerprint density at radius 3 is 2.94 bits per heavy atom. The third-order valence-electron chi connectivity index (χ3n) is 3.14. The minimum atomic E-state index is 0.572. The number of oxazole rings is 1. The van der Waals surface area contributed by atoms with Crippen LogP contribution in [0.15, 0.2) is 34.9 Å². The fourth-order valence-electron chi connectivity index (χ4n) is 2.16. The van der Waals surface area contributed by atoms with E-state index in [1.165, 1.54) is 10.9 Å². The van der Waals surface area contributed by atoms with E-state index < -0.39 is 0 Å². The van der Waals surface area contributed by atoms with Gasteiger partial charge in [-0.1, -0.05) is 18.2 Å². The molecule has 2 N–H and O–H groups in total. The second-order valence-electron chi connectivity index (χ2n) is 4.31. The fraction of sp³-hybridized carbons (Fsp3) is 0.214. The highest BCUT2D eigenvalue weighted by Gasteiger charge is 2.11. The van der Waals surface area contributed by atoms with Crippen molar-refractivity contribution in [1.82, 2.24) is 9.97 Å². The SMILES string of the molecule is CNc1nc(Cc2c[nH]c3ccccc23)c(C)o1. The van der Waals surface area contributed by atoms with Crippen LogP contribution < -0.4 is 5.32 Å². The summed E-state index contributed by atoms with van der Waals surface area (Å²) in [7, 11) is 1.81. The summed E-state index contributed by atoms with van der Waals surface area (Å²) in [5, 5.41) is 4.16. The zero-order valence-electron chi connectivity index (χ0n) is 10.4. The molecular formula is C14H15N3O. The predicted octanol–water partition coefficient (Wildman–Crippen LogP) is 3.10. The molecule has 2 heterocycles. The van der Waals surface area contributed by atoms with Gasteiger partial charge in [-0.3, -0.25) is 0 Å². The van der Waals surface area contributed by atoms with Gasteiger partial charge in [0.25, 0.3) is 6.01 Å². The van der Waals surface area contributed by atoms with Crippen molar-refractivity contribution in [3.8, 4) is 0 Å². The molecule has 4 nitrogen and oxygen atoms in total. The number of aromatic amines is 1. The quantitative estimate of drug-likeness (QED) is 0.740. The van der Waals surface area contributed by atoms with E-state index in [-0.39, 0.29) is 0 Å². The molecule has 0 amide bonds. The second-order valence-corrected chi connectivity index (χ2v) is 4.31. The van der Waals surface area contributed by atoms with Crippen LogP contribution in [0.25, 0.3) is 10.9 Å². The van der Waals surface area contributed by atoms with Crippen LogP contribution in [0.4, 0.5) is 6.01 Å². The van der Waals surface area contributed by atoms with Gasteiger partial charge in [0.05, 0.1) is 5.69 Å². The van der Waals surface area contributed by atoms with Crippen LogP contribution in [-0.2, 0) is 6.42 Å². The first-order chi connectivity index (χ1) is 8.78. The maximum absolute atomic E-state index is 5.49. The average Bonchev–Trinajstić information content (AvgIpc) is 2.95. The summed E-state index contributed by atoms with van der Waals surface area (Å²) in [4.78, 5) is 7.69. The van der Waals surface area contributed by atoms with Crippen molar-refractivity contribution in [1.29, 1.82) is 0 Å². The minimum absolute atomic E-state index is 0.572. The van der Waals surface area contributed by atoms with E-state index >= 15 is 0 Å². The first-order valence-corrected chi connectivity index (χ1v) is 5.97. The lowest BCUT2D eigenvalue weighted by atomic mass is 10.1. The molecular weight excluding hydrogens is 226 g/mol. The van der Waals surface area contributed by atoms with Crippen molar-refractivity contribution in [3.05, 3.63) is 47.5 Å². The molecule has 0 saturated carbocycles. The highest BCUT2D eigenvalue weighted by molar-refractivity contribution is 5.83. The first kappa shape index (κ1) is 10.9. The molecule has 92 valence electrons. The van der Waals surface area contributed by atoms with E-state index in [1.807, 2.05) is 25.3 Å². The van der Waals surface area contributed by atoms with E-state index in [2.05, 4.69) is 27.4 Å². The van der Waals surface area contributed by atoms with Crippen molar-refractivity contribution in [2.24, 2.45) is 0 Å². The maximum atomic E-state index is 5.49. The molecule has 18 heavy (non-hydrogen) atoms. The summed E-state index contributed by atoms with van der Waals surface area (Å²) >= 11 is 0. The Morgan fingerprint density at radius 2 is 2.17 bits per heavy atom. The summed E-state index contributed by atoms with van der Waals surface area (Å²) in [5.41, 5.74) is 3.37. The molecule has 0 radical (unpaired) electrons. The molecule has 4 heteroatoms. The molecule has 3 aromatic rings. The van der Waals surface area contributed by atoms with Gasteiger partial charge in [0.1, 0.15) is 5.76 Å². The van der Waals surface area contributed by atoms with Crippen molar-refractivity contribution < 1.29 is 4.42 Å². The molecule has 3 rings (SSSR count). The third-order valence-corrected chi connectivity index (χ3v) is 3.14. The Balaban J connectivity index is 1.98. The fourth-order valence-corrected chi connectivity index (χ4v) is 2.16. The Kier molecular flexibility index (Phi) is 2.55. The van der Waals surface area contributed by atoms with Crippen molar-refractivity contribution >= 4 is 16.9 Å². The number of hydrogen-bond donors (Lipinski definition) is 2. The average molecular weight is 241 g/mol. The molecule has 0 aliphatic heterocycles. The van der Waals surface area contributed by atoms with Gasteiger partial charge < -0.3 is 14.7 Å². The van der Waals surface area contributed by atoms with E-state index in [9.17, 15) is 0 Å². The summed E-state index contributed by atoms with van der Waals surface area (Å²) in [6.45, 7) is 1.94. The molecule has 2 aromatic heterocycles. The number of rotatable bonds is 3. The van der Waals surface area contributed by atoms with Crippen LogP contribution in [0.5, 0.6) is 0 Å². The lowest BCUT2D eigenvalue weighted by Gasteiger charge is -1.96. The Labute approximate surface area is 105 Å². The van der Waals surface area contributed by atoms with E-state index in [0.717, 1.165) is 23.4 Å². The Hall–Kier alpha value is -2.23. The number of aryl methyl sites for hydroxylation is 1. The van der Waals surface area contributed by atoms with Crippen LogP contribution in [0.2, 0.25) is 0 Å². The van der Waals surface area contributed by atoms with Gasteiger partial charge in [-0.25, -0.2) is 0 Å². The van der Waals surface area contributed by atoms with Gasteiger partial charge in [0.2, 0.25) is 0 Å². The molecule has 0 aliphatic carbocycles. The maximum Gasteiger partial charge on any atom is 0.294 e. The predicted molar refractivity (Wildman–Crippen MR) is 71.9 cm³/mol. The molecule has 0 saturated heterocycles. The summed E-state index contributed by atoms with van der Waals surface area (Å²) in [6.07, 6.45) is 2.82. The normalized spacial score (nSPS) is 11.0. The Morgan fingerprint density at radius 1 is 1.33 bits per heavy atom. The Bertz CT molecular complexity index is 681. The largest absolute Gasteiger partial charge is 0.429 e. The number of benzene rings is 1. The molecule has 0 fully saturated rings. The molecule has 0 aliphatic rings. The first-order valence-electron chi connectivity index (χ1n) is 5.97. The van der Waals surface area contributed by atoms with Gasteiger partial charge in [-0.2, -0.15) is 4.98 Å². The second kappa shape index (κ2) is 4.22. The lowest BCUT2D eigenvalue weighted by molar-refractivity contribution is 0.541. The summed E-state index contributed by atoms with van der Waals surface area (Å²) in [6, 6.07) is 8.85. The van der Waals surface area contributed by atoms with Crippen LogP contribution in [0, 0.1) is 6.92 Å². The van der Waals surface area contributed by atoms with Crippen molar-refractivity contribution in [3.63, 3.8) is 0 Å². The zero-order chi connectivity index (χ0) is 12.5. The van der Waals surface area contributed by atoms with Crippen molar-refractivity contribution in [2.45, 2.75) is 13.3 Å². The number of nitrogens with zero attached hydrogens (tertiary/aromatic N) is 1. The standard InChI is InChI=1S/C14H15N3O/c1-9-13(17-14(15-2)18-9)7-10-8-16-12-6-4-3-5-11(10)12/h3-6,8,16H,7H2,1-2H3,(H,15,17). The van der Waals surface area contributed by atoms with Crippen LogP contribution in [0.1, 0.15) is 17.0 Å². The molecule has 1 aromatic carbocycles. The number of H-pyrrole nitrogens is 1. The monoisotopic (exact) mass is 241 g/mol. The van der Waals surface area contributed by atoms with E-state index in [0.29, 0.717) is 6.01 Å².